The summed E-state index contributed by atoms with van der Waals surface area (Å²) in [6, 6.07) is 7.90. The molecule has 0 saturated heterocycles. The molecule has 2 nitrogen and oxygen atoms in total. The number of carbonyl (C=O) groups excluding carboxylic acids is 1. The molecule has 0 aromatic heterocycles. The van der Waals surface area contributed by atoms with E-state index in [1.165, 1.54) is 6.92 Å². The van der Waals surface area contributed by atoms with Crippen LogP contribution in [0.4, 0.5) is 0 Å². The summed E-state index contributed by atoms with van der Waals surface area (Å²) >= 11 is 0. The van der Waals surface area contributed by atoms with Gasteiger partial charge in [-0.05, 0) is 11.6 Å². The highest BCUT2D eigenvalue weighted by Crippen LogP contribution is 2.30. The summed E-state index contributed by atoms with van der Waals surface area (Å²) in [4.78, 5) is 10.8. The minimum absolute atomic E-state index is 0.186. The van der Waals surface area contributed by atoms with Crippen molar-refractivity contribution in [1.82, 2.24) is 0 Å². The fourth-order valence-electron chi connectivity index (χ4n) is 1.50. The first-order chi connectivity index (χ1) is 6.27. The lowest BCUT2D eigenvalue weighted by atomic mass is 10.1. The zero-order valence-corrected chi connectivity index (χ0v) is 7.36. The van der Waals surface area contributed by atoms with Crippen LogP contribution < -0.4 is 0 Å². The number of ether oxygens (including phenoxy) is 1. The molecule has 1 atom stereocenters. The van der Waals surface area contributed by atoms with E-state index in [-0.39, 0.29) is 12.1 Å². The Kier molecular flexibility index (Phi) is 1.89. The van der Waals surface area contributed by atoms with E-state index in [0.29, 0.717) is 0 Å². The Labute approximate surface area is 76.8 Å². The Morgan fingerprint density at radius 3 is 2.92 bits per heavy atom. The second-order valence-electron chi connectivity index (χ2n) is 3.02. The molecule has 2 rings (SSSR count). The zero-order chi connectivity index (χ0) is 9.26. The molecule has 1 aromatic carbocycles. The highest BCUT2D eigenvalue weighted by Gasteiger charge is 2.18. The SMILES string of the molecule is CC(=O)OC1C=Cc2ccccc21. The van der Waals surface area contributed by atoms with Crippen LogP contribution in [0.15, 0.2) is 30.3 Å². The molecule has 0 bridgehead atoms. The molecule has 0 N–H and O–H groups in total. The van der Waals surface area contributed by atoms with Gasteiger partial charge in [0.2, 0.25) is 0 Å². The maximum absolute atomic E-state index is 10.8. The second kappa shape index (κ2) is 3.05. The Balaban J connectivity index is 2.28. The van der Waals surface area contributed by atoms with Gasteiger partial charge >= 0.3 is 5.97 Å². The second-order valence-corrected chi connectivity index (χ2v) is 3.02. The van der Waals surface area contributed by atoms with E-state index in [0.717, 1.165) is 11.1 Å². The van der Waals surface area contributed by atoms with Crippen molar-refractivity contribution < 1.29 is 9.53 Å². The minimum Gasteiger partial charge on any atom is -0.453 e. The number of benzene rings is 1. The average molecular weight is 174 g/mol. The lowest BCUT2D eigenvalue weighted by molar-refractivity contribution is -0.144. The molecular formula is C11H10O2. The zero-order valence-electron chi connectivity index (χ0n) is 7.36. The van der Waals surface area contributed by atoms with Gasteiger partial charge in [-0.25, -0.2) is 0 Å². The van der Waals surface area contributed by atoms with Crippen molar-refractivity contribution in [2.45, 2.75) is 13.0 Å². The normalized spacial score (nSPS) is 18.4. The summed E-state index contributed by atoms with van der Waals surface area (Å²) in [5.41, 5.74) is 2.20. The standard InChI is InChI=1S/C11H10O2/c1-8(12)13-11-7-6-9-4-2-3-5-10(9)11/h2-7,11H,1H3. The average Bonchev–Trinajstić information content (AvgIpc) is 2.48. The van der Waals surface area contributed by atoms with Crippen LogP contribution in [0.25, 0.3) is 6.08 Å². The predicted octanol–water partition coefficient (Wildman–Crippen LogP) is 2.32. The maximum Gasteiger partial charge on any atom is 0.303 e. The van der Waals surface area contributed by atoms with Gasteiger partial charge in [-0.3, -0.25) is 4.79 Å². The van der Waals surface area contributed by atoms with Crippen molar-refractivity contribution in [3.05, 3.63) is 41.5 Å². The van der Waals surface area contributed by atoms with Crippen molar-refractivity contribution in [1.29, 1.82) is 0 Å². The highest BCUT2D eigenvalue weighted by atomic mass is 16.5. The van der Waals surface area contributed by atoms with Gasteiger partial charge in [0.25, 0.3) is 0 Å². The summed E-state index contributed by atoms with van der Waals surface area (Å²) in [5, 5.41) is 0. The van der Waals surface area contributed by atoms with E-state index in [9.17, 15) is 4.79 Å². The van der Waals surface area contributed by atoms with Crippen molar-refractivity contribution >= 4 is 12.0 Å². The van der Waals surface area contributed by atoms with E-state index in [2.05, 4.69) is 0 Å². The van der Waals surface area contributed by atoms with Gasteiger partial charge in [-0.2, -0.15) is 0 Å². The first kappa shape index (κ1) is 8.05. The molecule has 0 spiro atoms. The Bertz CT molecular complexity index is 366. The smallest absolute Gasteiger partial charge is 0.303 e. The van der Waals surface area contributed by atoms with Crippen LogP contribution in [0.1, 0.15) is 24.2 Å². The number of fused-ring (bicyclic) bond motifs is 1. The van der Waals surface area contributed by atoms with Crippen molar-refractivity contribution in [3.63, 3.8) is 0 Å². The van der Waals surface area contributed by atoms with Gasteiger partial charge in [0.15, 0.2) is 0 Å². The molecule has 0 amide bonds. The third-order valence-electron chi connectivity index (χ3n) is 2.05. The van der Waals surface area contributed by atoms with Crippen LogP contribution in [0, 0.1) is 0 Å². The molecule has 1 unspecified atom stereocenters. The van der Waals surface area contributed by atoms with Gasteiger partial charge in [0.1, 0.15) is 6.10 Å². The number of esters is 1. The fourth-order valence-corrected chi connectivity index (χ4v) is 1.50. The number of hydrogen-bond donors (Lipinski definition) is 0. The van der Waals surface area contributed by atoms with Crippen LogP contribution in [0.5, 0.6) is 0 Å². The monoisotopic (exact) mass is 174 g/mol. The van der Waals surface area contributed by atoms with E-state index in [4.69, 9.17) is 4.74 Å². The van der Waals surface area contributed by atoms with Crippen LogP contribution in [-0.2, 0) is 9.53 Å². The molecule has 1 aliphatic carbocycles. The molecule has 0 heterocycles. The van der Waals surface area contributed by atoms with Crippen LogP contribution in [0.2, 0.25) is 0 Å². The third kappa shape index (κ3) is 1.47. The molecular weight excluding hydrogens is 164 g/mol. The summed E-state index contributed by atoms with van der Waals surface area (Å²) < 4.78 is 5.11. The van der Waals surface area contributed by atoms with Crippen LogP contribution >= 0.6 is 0 Å². The van der Waals surface area contributed by atoms with E-state index >= 15 is 0 Å². The first-order valence-electron chi connectivity index (χ1n) is 4.22. The van der Waals surface area contributed by atoms with Gasteiger partial charge < -0.3 is 4.74 Å². The molecule has 1 aromatic rings. The Morgan fingerprint density at radius 1 is 1.38 bits per heavy atom. The number of carbonyl (C=O) groups is 1. The van der Waals surface area contributed by atoms with Crippen LogP contribution in [0.3, 0.4) is 0 Å². The Morgan fingerprint density at radius 2 is 2.15 bits per heavy atom. The lowest BCUT2D eigenvalue weighted by Crippen LogP contribution is -2.04. The van der Waals surface area contributed by atoms with E-state index < -0.39 is 0 Å². The highest BCUT2D eigenvalue weighted by molar-refractivity contribution is 5.69. The van der Waals surface area contributed by atoms with Crippen molar-refractivity contribution in [3.8, 4) is 0 Å². The van der Waals surface area contributed by atoms with Gasteiger partial charge in [-0.1, -0.05) is 30.3 Å². The number of rotatable bonds is 1. The lowest BCUT2D eigenvalue weighted by Gasteiger charge is -2.10. The molecule has 1 aliphatic rings. The quantitative estimate of drug-likeness (QED) is 0.611. The summed E-state index contributed by atoms with van der Waals surface area (Å²) in [5.74, 6) is -0.244. The number of hydrogen-bond acceptors (Lipinski definition) is 2. The predicted molar refractivity (Wildman–Crippen MR) is 50.0 cm³/mol. The summed E-state index contributed by atoms with van der Waals surface area (Å²) in [7, 11) is 0. The van der Waals surface area contributed by atoms with Crippen LogP contribution in [-0.4, -0.2) is 5.97 Å². The molecule has 0 fully saturated rings. The largest absolute Gasteiger partial charge is 0.453 e. The minimum atomic E-state index is -0.244. The van der Waals surface area contributed by atoms with E-state index in [1.807, 2.05) is 36.4 Å². The molecule has 0 aliphatic heterocycles. The molecule has 0 radical (unpaired) electrons. The van der Waals surface area contributed by atoms with Crippen molar-refractivity contribution in [2.75, 3.05) is 0 Å². The topological polar surface area (TPSA) is 26.3 Å². The first-order valence-corrected chi connectivity index (χ1v) is 4.22. The maximum atomic E-state index is 10.8. The molecule has 0 saturated carbocycles. The molecule has 66 valence electrons. The third-order valence-corrected chi connectivity index (χ3v) is 2.05. The molecule has 2 heteroatoms. The summed E-state index contributed by atoms with van der Waals surface area (Å²) in [6.45, 7) is 1.43. The fraction of sp³-hybridized carbons (Fsp3) is 0.182. The Hall–Kier alpha value is -1.57. The van der Waals surface area contributed by atoms with Gasteiger partial charge in [0, 0.05) is 12.5 Å². The van der Waals surface area contributed by atoms with Gasteiger partial charge in [0.05, 0.1) is 0 Å². The van der Waals surface area contributed by atoms with Gasteiger partial charge in [-0.15, -0.1) is 0 Å². The summed E-state index contributed by atoms with van der Waals surface area (Å²) in [6.07, 6.45) is 3.68. The van der Waals surface area contributed by atoms with Crippen molar-refractivity contribution in [2.24, 2.45) is 0 Å². The molecule has 13 heavy (non-hydrogen) atoms. The van der Waals surface area contributed by atoms with E-state index in [1.54, 1.807) is 0 Å².